The number of hydrogen-bond acceptors (Lipinski definition) is 3. The topological polar surface area (TPSA) is 76.5 Å². The minimum absolute atomic E-state index is 0.0850. The lowest BCUT2D eigenvalue weighted by Gasteiger charge is -2.28. The molecule has 0 saturated carbocycles. The van der Waals surface area contributed by atoms with Crippen LogP contribution in [0.5, 0.6) is 11.5 Å². The zero-order chi connectivity index (χ0) is 19.5. The van der Waals surface area contributed by atoms with E-state index in [4.69, 9.17) is 14.6 Å². The zero-order valence-electron chi connectivity index (χ0n) is 15.5. The molecule has 6 nitrogen and oxygen atoms in total. The number of aromatic nitrogens is 2. The summed E-state index contributed by atoms with van der Waals surface area (Å²) in [5, 5.41) is 10.3. The first-order valence-electron chi connectivity index (χ1n) is 9.64. The van der Waals surface area contributed by atoms with Crippen LogP contribution < -0.4 is 9.47 Å². The van der Waals surface area contributed by atoms with Crippen molar-refractivity contribution in [3.8, 4) is 11.5 Å². The third kappa shape index (κ3) is 2.38. The largest absolute Gasteiger partial charge is 0.511 e. The molecular formula is C23H18N2O4. The first kappa shape index (κ1) is 16.3. The fraction of sp³-hybridized carbons (Fsp3) is 0.174. The van der Waals surface area contributed by atoms with Gasteiger partial charge >= 0.3 is 6.16 Å². The van der Waals surface area contributed by atoms with Crippen LogP contribution in [-0.2, 0) is 12.8 Å². The van der Waals surface area contributed by atoms with Crippen molar-refractivity contribution in [1.29, 1.82) is 0 Å². The van der Waals surface area contributed by atoms with Crippen LogP contribution in [0.2, 0.25) is 0 Å². The Morgan fingerprint density at radius 3 is 3.00 bits per heavy atom. The van der Waals surface area contributed by atoms with Gasteiger partial charge in [-0.15, -0.1) is 0 Å². The van der Waals surface area contributed by atoms with E-state index in [-0.39, 0.29) is 6.04 Å². The van der Waals surface area contributed by atoms with Gasteiger partial charge in [-0.25, -0.2) is 4.79 Å². The summed E-state index contributed by atoms with van der Waals surface area (Å²) in [4.78, 5) is 14.8. The maximum atomic E-state index is 11.2. The van der Waals surface area contributed by atoms with Gasteiger partial charge in [-0.3, -0.25) is 0 Å². The van der Waals surface area contributed by atoms with Gasteiger partial charge in [0.1, 0.15) is 5.75 Å². The van der Waals surface area contributed by atoms with Gasteiger partial charge in [0.15, 0.2) is 5.75 Å². The van der Waals surface area contributed by atoms with E-state index in [0.29, 0.717) is 18.8 Å². The normalized spacial score (nSPS) is 16.8. The van der Waals surface area contributed by atoms with E-state index in [1.165, 1.54) is 11.1 Å². The van der Waals surface area contributed by atoms with Crippen LogP contribution in [0.1, 0.15) is 34.1 Å². The van der Waals surface area contributed by atoms with Crippen LogP contribution in [-0.4, -0.2) is 27.4 Å². The van der Waals surface area contributed by atoms with E-state index >= 15 is 0 Å². The van der Waals surface area contributed by atoms with Crippen LogP contribution in [0.15, 0.2) is 54.7 Å². The number of nitrogens with one attached hydrogen (secondary N) is 1. The Bertz CT molecular complexity index is 1280. The average molecular weight is 386 g/mol. The van der Waals surface area contributed by atoms with Crippen LogP contribution in [0.4, 0.5) is 4.79 Å². The molecule has 6 rings (SSSR count). The lowest BCUT2D eigenvalue weighted by molar-refractivity contribution is 0.144. The molecule has 1 unspecified atom stereocenters. The Balaban J connectivity index is 1.59. The summed E-state index contributed by atoms with van der Waals surface area (Å²) < 4.78 is 12.9. The number of nitrogens with zero attached hydrogens (tertiary/aromatic N) is 1. The Morgan fingerprint density at radius 1 is 1.21 bits per heavy atom. The second-order valence-corrected chi connectivity index (χ2v) is 7.51. The summed E-state index contributed by atoms with van der Waals surface area (Å²) in [5.41, 5.74) is 6.62. The Hall–Kier alpha value is -3.67. The van der Waals surface area contributed by atoms with Crippen molar-refractivity contribution in [2.24, 2.45) is 0 Å². The summed E-state index contributed by atoms with van der Waals surface area (Å²) in [6.45, 7) is 0.715. The van der Waals surface area contributed by atoms with Crippen LogP contribution in [0.3, 0.4) is 0 Å². The van der Waals surface area contributed by atoms with Crippen LogP contribution >= 0.6 is 0 Å². The minimum Gasteiger partial charge on any atom is -0.493 e. The van der Waals surface area contributed by atoms with Gasteiger partial charge in [-0.05, 0) is 41.0 Å². The smallest absolute Gasteiger partial charge is 0.493 e. The molecule has 29 heavy (non-hydrogen) atoms. The van der Waals surface area contributed by atoms with Crippen molar-refractivity contribution in [1.82, 2.24) is 9.55 Å². The maximum absolute atomic E-state index is 11.2. The van der Waals surface area contributed by atoms with Crippen molar-refractivity contribution in [2.75, 3.05) is 6.61 Å². The molecule has 2 aliphatic heterocycles. The second kappa shape index (κ2) is 5.91. The van der Waals surface area contributed by atoms with Gasteiger partial charge in [0.25, 0.3) is 0 Å². The number of benzene rings is 2. The number of H-pyrrole nitrogens is 1. The molecule has 6 heteroatoms. The van der Waals surface area contributed by atoms with Gasteiger partial charge in [-0.1, -0.05) is 24.3 Å². The number of fused-ring (bicyclic) bond motifs is 5. The molecule has 0 spiro atoms. The average Bonchev–Trinajstić information content (AvgIpc) is 3.42. The maximum Gasteiger partial charge on any atom is 0.511 e. The SMILES string of the molecule is O=C(O)Oc1ccn2c1Cc1c([nH]c3ccccc13)C2c1ccc2c(c1)CCO2. The number of ether oxygens (including phenoxy) is 2. The molecule has 0 bridgehead atoms. The van der Waals surface area contributed by atoms with Gasteiger partial charge in [-0.2, -0.15) is 0 Å². The molecule has 0 fully saturated rings. The first-order chi connectivity index (χ1) is 14.2. The number of rotatable bonds is 2. The first-order valence-corrected chi connectivity index (χ1v) is 9.64. The molecular weight excluding hydrogens is 368 g/mol. The van der Waals surface area contributed by atoms with E-state index in [2.05, 4.69) is 33.8 Å². The second-order valence-electron chi connectivity index (χ2n) is 7.51. The Labute approximate surface area is 166 Å². The molecule has 2 aliphatic rings. The molecule has 0 aliphatic carbocycles. The standard InChI is InChI=1S/C23H18N2O4/c26-23(27)29-20-7-9-25-18(20)12-16-15-3-1-2-4-17(15)24-21(16)22(25)14-5-6-19-13(11-14)8-10-28-19/h1-7,9,11,22,24H,8,10,12H2,(H,26,27). The summed E-state index contributed by atoms with van der Waals surface area (Å²) in [6.07, 6.45) is 2.13. The van der Waals surface area contributed by atoms with E-state index in [1.54, 1.807) is 6.07 Å². The van der Waals surface area contributed by atoms with Crippen molar-refractivity contribution in [2.45, 2.75) is 18.9 Å². The molecule has 1 atom stereocenters. The highest BCUT2D eigenvalue weighted by Gasteiger charge is 2.32. The molecule has 4 aromatic rings. The third-order valence-corrected chi connectivity index (χ3v) is 5.95. The van der Waals surface area contributed by atoms with Gasteiger partial charge < -0.3 is 24.1 Å². The molecule has 2 aromatic carbocycles. The van der Waals surface area contributed by atoms with Crippen LogP contribution in [0.25, 0.3) is 10.9 Å². The molecule has 2 N–H and O–H groups in total. The predicted molar refractivity (Wildman–Crippen MR) is 107 cm³/mol. The highest BCUT2D eigenvalue weighted by atomic mass is 16.7. The quantitative estimate of drug-likeness (QED) is 0.438. The van der Waals surface area contributed by atoms with Crippen molar-refractivity contribution in [3.63, 3.8) is 0 Å². The van der Waals surface area contributed by atoms with Crippen molar-refractivity contribution < 1.29 is 19.4 Å². The fourth-order valence-electron chi connectivity index (χ4n) is 4.72. The van der Waals surface area contributed by atoms with E-state index in [9.17, 15) is 4.79 Å². The highest BCUT2D eigenvalue weighted by Crippen LogP contribution is 2.43. The lowest BCUT2D eigenvalue weighted by Crippen LogP contribution is -2.21. The van der Waals surface area contributed by atoms with E-state index < -0.39 is 6.16 Å². The molecule has 4 heterocycles. The predicted octanol–water partition coefficient (Wildman–Crippen LogP) is 4.50. The Kier molecular flexibility index (Phi) is 3.32. The molecule has 0 amide bonds. The summed E-state index contributed by atoms with van der Waals surface area (Å²) >= 11 is 0. The van der Waals surface area contributed by atoms with Crippen molar-refractivity contribution in [3.05, 3.63) is 82.8 Å². The zero-order valence-corrected chi connectivity index (χ0v) is 15.5. The highest BCUT2D eigenvalue weighted by molar-refractivity contribution is 5.86. The monoisotopic (exact) mass is 386 g/mol. The van der Waals surface area contributed by atoms with Gasteiger partial charge in [0, 0.05) is 35.6 Å². The molecule has 0 saturated heterocycles. The van der Waals surface area contributed by atoms with E-state index in [1.807, 2.05) is 24.4 Å². The fourth-order valence-corrected chi connectivity index (χ4v) is 4.72. The third-order valence-electron chi connectivity index (χ3n) is 5.95. The number of carboxylic acid groups (broad SMARTS) is 1. The number of para-hydroxylation sites is 1. The molecule has 0 radical (unpaired) electrons. The number of hydrogen-bond donors (Lipinski definition) is 2. The van der Waals surface area contributed by atoms with Gasteiger partial charge in [0.05, 0.1) is 18.3 Å². The molecule has 2 aromatic heterocycles. The lowest BCUT2D eigenvalue weighted by atomic mass is 9.92. The number of carbonyl (C=O) groups is 1. The summed E-state index contributed by atoms with van der Waals surface area (Å²) in [6, 6.07) is 16.2. The summed E-state index contributed by atoms with van der Waals surface area (Å²) in [7, 11) is 0. The van der Waals surface area contributed by atoms with Gasteiger partial charge in [0.2, 0.25) is 0 Å². The minimum atomic E-state index is -1.30. The summed E-state index contributed by atoms with van der Waals surface area (Å²) in [5.74, 6) is 1.34. The number of aromatic amines is 1. The Morgan fingerprint density at radius 2 is 2.10 bits per heavy atom. The van der Waals surface area contributed by atoms with Crippen molar-refractivity contribution >= 4 is 17.1 Å². The molecule has 144 valence electrons. The van der Waals surface area contributed by atoms with E-state index in [0.717, 1.165) is 40.0 Å². The van der Waals surface area contributed by atoms with Crippen LogP contribution in [0, 0.1) is 0 Å².